The number of rotatable bonds is 0. The predicted molar refractivity (Wildman–Crippen MR) is 40.6 cm³/mol. The Bertz CT molecular complexity index is 241. The third kappa shape index (κ3) is 0.706. The van der Waals surface area contributed by atoms with Crippen molar-refractivity contribution in [2.75, 3.05) is 0 Å². The van der Waals surface area contributed by atoms with E-state index < -0.39 is 0 Å². The summed E-state index contributed by atoms with van der Waals surface area (Å²) in [6, 6.07) is 0. The van der Waals surface area contributed by atoms with Crippen LogP contribution in [-0.4, -0.2) is 0 Å². The van der Waals surface area contributed by atoms with E-state index in [4.69, 9.17) is 11.5 Å². The minimum Gasteiger partial charge on any atom is -0.621 e. The summed E-state index contributed by atoms with van der Waals surface area (Å²) in [6.07, 6.45) is 2.93. The summed E-state index contributed by atoms with van der Waals surface area (Å²) in [5.74, 6) is 0.769. The Kier molecular flexibility index (Phi) is 1.21. The van der Waals surface area contributed by atoms with Crippen LogP contribution in [0.3, 0.4) is 0 Å². The average Bonchev–Trinajstić information content (AvgIpc) is 2.53. The van der Waals surface area contributed by atoms with Crippen LogP contribution in [-0.2, 0) is 0 Å². The van der Waals surface area contributed by atoms with Gasteiger partial charge < -0.3 is 16.7 Å². The molecular weight excluding hydrogens is 142 g/mol. The highest BCUT2D eigenvalue weighted by Crippen LogP contribution is 2.33. The van der Waals surface area contributed by atoms with Gasteiger partial charge in [-0.3, -0.25) is 5.06 Å². The summed E-state index contributed by atoms with van der Waals surface area (Å²) in [7, 11) is 0. The van der Waals surface area contributed by atoms with Gasteiger partial charge in [0.05, 0.1) is 0 Å². The van der Waals surface area contributed by atoms with Crippen LogP contribution in [0, 0.1) is 5.21 Å². The van der Waals surface area contributed by atoms with Crippen LogP contribution in [0.25, 0.3) is 0 Å². The van der Waals surface area contributed by atoms with Crippen molar-refractivity contribution in [3.8, 4) is 0 Å². The molecule has 2 aliphatic rings. The molecule has 1 heterocycles. The number of hydrogen-bond acceptors (Lipinski definition) is 3. The first kappa shape index (κ1) is 6.69. The number of quaternary nitrogens is 1. The molecule has 11 heavy (non-hydrogen) atoms. The first-order valence-electron chi connectivity index (χ1n) is 3.74. The molecule has 60 valence electrons. The van der Waals surface area contributed by atoms with Gasteiger partial charge in [-0.1, -0.05) is 0 Å². The van der Waals surface area contributed by atoms with Gasteiger partial charge in [0.2, 0.25) is 11.6 Å². The van der Waals surface area contributed by atoms with Crippen molar-refractivity contribution >= 4 is 0 Å². The lowest BCUT2D eigenvalue weighted by molar-refractivity contribution is -0.762. The minimum atomic E-state index is -0.158. The number of hydroxylamine groups is 2. The SMILES string of the molecule is NC1=C2CCCC2=C(N)[NH+]1[O-]. The third-order valence-corrected chi connectivity index (χ3v) is 2.36. The molecule has 0 spiro atoms. The monoisotopic (exact) mass is 153 g/mol. The molecule has 1 aliphatic carbocycles. The first-order valence-corrected chi connectivity index (χ1v) is 3.74. The number of nitrogens with two attached hydrogens (primary N) is 2. The summed E-state index contributed by atoms with van der Waals surface area (Å²) in [6.45, 7) is 0. The van der Waals surface area contributed by atoms with Gasteiger partial charge in [-0.25, -0.2) is 0 Å². The minimum absolute atomic E-state index is 0.158. The van der Waals surface area contributed by atoms with Crippen LogP contribution < -0.4 is 16.5 Å². The largest absolute Gasteiger partial charge is 0.621 e. The van der Waals surface area contributed by atoms with E-state index in [0.717, 1.165) is 30.4 Å². The number of hydrogen-bond donors (Lipinski definition) is 3. The summed E-state index contributed by atoms with van der Waals surface area (Å²) in [5, 5.41) is 11.0. The molecule has 2 rings (SSSR count). The lowest BCUT2D eigenvalue weighted by Crippen LogP contribution is -3.05. The molecule has 5 N–H and O–H groups in total. The van der Waals surface area contributed by atoms with E-state index in [0.29, 0.717) is 11.6 Å². The number of fused-ring (bicyclic) bond motifs is 1. The molecule has 1 fully saturated rings. The maximum atomic E-state index is 11.2. The summed E-state index contributed by atoms with van der Waals surface area (Å²) in [5.41, 5.74) is 13.1. The zero-order chi connectivity index (χ0) is 8.01. The van der Waals surface area contributed by atoms with Gasteiger partial charge in [-0.15, -0.1) is 0 Å². The fourth-order valence-electron chi connectivity index (χ4n) is 1.76. The Labute approximate surface area is 64.7 Å². The van der Waals surface area contributed by atoms with Crippen LogP contribution in [0.5, 0.6) is 0 Å². The molecule has 4 heteroatoms. The quantitative estimate of drug-likeness (QED) is 0.387. The summed E-state index contributed by atoms with van der Waals surface area (Å²) in [4.78, 5) is 0. The van der Waals surface area contributed by atoms with Crippen LogP contribution in [0.15, 0.2) is 22.8 Å². The molecule has 0 saturated heterocycles. The van der Waals surface area contributed by atoms with E-state index in [1.165, 1.54) is 0 Å². The van der Waals surface area contributed by atoms with Gasteiger partial charge in [0.15, 0.2) is 0 Å². The first-order chi connectivity index (χ1) is 5.22. The van der Waals surface area contributed by atoms with Gasteiger partial charge in [0.25, 0.3) is 0 Å². The molecule has 4 nitrogen and oxygen atoms in total. The topological polar surface area (TPSA) is 79.5 Å². The van der Waals surface area contributed by atoms with Gasteiger partial charge in [0.1, 0.15) is 0 Å². The van der Waals surface area contributed by atoms with Gasteiger partial charge >= 0.3 is 0 Å². The molecule has 0 bridgehead atoms. The normalized spacial score (nSPS) is 25.2. The Balaban J connectivity index is 2.48. The van der Waals surface area contributed by atoms with E-state index in [-0.39, 0.29) is 5.06 Å². The van der Waals surface area contributed by atoms with Gasteiger partial charge in [0, 0.05) is 11.1 Å². The van der Waals surface area contributed by atoms with Crippen molar-refractivity contribution in [2.24, 2.45) is 11.5 Å². The average molecular weight is 153 g/mol. The van der Waals surface area contributed by atoms with Crippen molar-refractivity contribution in [2.45, 2.75) is 19.3 Å². The van der Waals surface area contributed by atoms with Crippen molar-refractivity contribution < 1.29 is 5.06 Å². The smallest absolute Gasteiger partial charge is 0.207 e. The number of allylic oxidation sites excluding steroid dienone is 2. The van der Waals surface area contributed by atoms with Crippen molar-refractivity contribution in [1.29, 1.82) is 0 Å². The predicted octanol–water partition coefficient (Wildman–Crippen LogP) is -1.09. The van der Waals surface area contributed by atoms with E-state index in [1.807, 2.05) is 0 Å². The lowest BCUT2D eigenvalue weighted by Gasteiger charge is -2.17. The highest BCUT2D eigenvalue weighted by atomic mass is 16.5. The van der Waals surface area contributed by atoms with E-state index in [9.17, 15) is 5.21 Å². The molecule has 0 aromatic rings. The van der Waals surface area contributed by atoms with Crippen molar-refractivity contribution in [1.82, 2.24) is 0 Å². The van der Waals surface area contributed by atoms with E-state index in [1.54, 1.807) is 0 Å². The fourth-order valence-corrected chi connectivity index (χ4v) is 1.76. The second-order valence-electron chi connectivity index (χ2n) is 2.97. The Morgan fingerprint density at radius 2 is 1.55 bits per heavy atom. The van der Waals surface area contributed by atoms with Crippen molar-refractivity contribution in [3.05, 3.63) is 28.0 Å². The van der Waals surface area contributed by atoms with Crippen LogP contribution in [0.1, 0.15) is 19.3 Å². The molecule has 0 amide bonds. The molecule has 0 aromatic carbocycles. The zero-order valence-corrected chi connectivity index (χ0v) is 6.18. The fraction of sp³-hybridized carbons (Fsp3) is 0.429. The molecule has 0 radical (unpaired) electrons. The number of nitrogens with one attached hydrogen (secondary N) is 1. The third-order valence-electron chi connectivity index (χ3n) is 2.36. The second-order valence-corrected chi connectivity index (χ2v) is 2.97. The maximum Gasteiger partial charge on any atom is 0.207 e. The molecular formula is C7H11N3O. The second kappa shape index (κ2) is 1.99. The molecule has 0 atom stereocenters. The van der Waals surface area contributed by atoms with Gasteiger partial charge in [-0.05, 0) is 19.3 Å². The molecule has 0 unspecified atom stereocenters. The molecule has 1 saturated carbocycles. The van der Waals surface area contributed by atoms with Crippen LogP contribution in [0.2, 0.25) is 0 Å². The Hall–Kier alpha value is -1.00. The molecule has 0 aromatic heterocycles. The van der Waals surface area contributed by atoms with Crippen LogP contribution in [0.4, 0.5) is 0 Å². The maximum absolute atomic E-state index is 11.2. The summed E-state index contributed by atoms with van der Waals surface area (Å²) >= 11 is 0. The van der Waals surface area contributed by atoms with Crippen molar-refractivity contribution in [3.63, 3.8) is 0 Å². The standard InChI is InChI=1S/C7H11N3O/c8-6-4-2-1-3-5(4)7(9)10(6)11/h10H,1-3,8-9H2. The zero-order valence-electron chi connectivity index (χ0n) is 6.18. The lowest BCUT2D eigenvalue weighted by atomic mass is 10.2. The Morgan fingerprint density at radius 1 is 1.09 bits per heavy atom. The Morgan fingerprint density at radius 3 is 2.00 bits per heavy atom. The summed E-state index contributed by atoms with van der Waals surface area (Å²) < 4.78 is 0. The van der Waals surface area contributed by atoms with Crippen LogP contribution >= 0.6 is 0 Å². The molecule has 1 aliphatic heterocycles. The van der Waals surface area contributed by atoms with E-state index in [2.05, 4.69) is 0 Å². The highest BCUT2D eigenvalue weighted by molar-refractivity contribution is 5.40. The highest BCUT2D eigenvalue weighted by Gasteiger charge is 2.32. The van der Waals surface area contributed by atoms with E-state index >= 15 is 0 Å². The van der Waals surface area contributed by atoms with Gasteiger partial charge in [-0.2, -0.15) is 0 Å².